The van der Waals surface area contributed by atoms with E-state index in [0.29, 0.717) is 39.1 Å². The normalized spacial score (nSPS) is 12.8. The lowest BCUT2D eigenvalue weighted by molar-refractivity contribution is 0.268. The van der Waals surface area contributed by atoms with E-state index < -0.39 is 8.32 Å². The number of hydrogen-bond acceptors (Lipinski definition) is 4. The second-order valence-corrected chi connectivity index (χ2v) is 16.2. The molecule has 39 heavy (non-hydrogen) atoms. The number of nitrogens with zero attached hydrogens (tertiary/aromatic N) is 2. The number of anilines is 2. The van der Waals surface area contributed by atoms with Gasteiger partial charge in [-0.05, 0) is 47.0 Å². The molecule has 0 spiro atoms. The van der Waals surface area contributed by atoms with Crippen LogP contribution in [0, 0.1) is 6.92 Å². The van der Waals surface area contributed by atoms with Crippen molar-refractivity contribution in [3.05, 3.63) is 105 Å². The Kier molecular flexibility index (Phi) is 9.40. The first-order valence-electron chi connectivity index (χ1n) is 13.1. The highest BCUT2D eigenvalue weighted by Gasteiger charge is 2.50. The van der Waals surface area contributed by atoms with E-state index in [1.807, 2.05) is 13.0 Å². The summed E-state index contributed by atoms with van der Waals surface area (Å²) in [6.45, 7) is 11.2. The molecule has 0 aliphatic carbocycles. The molecule has 8 heteroatoms. The minimum Gasteiger partial charge on any atom is -0.407 e. The van der Waals surface area contributed by atoms with Crippen molar-refractivity contribution in [1.82, 2.24) is 9.97 Å². The Morgan fingerprint density at radius 3 is 1.97 bits per heavy atom. The Labute approximate surface area is 247 Å². The second kappa shape index (κ2) is 12.4. The van der Waals surface area contributed by atoms with Crippen LogP contribution in [0.1, 0.15) is 51.4 Å². The lowest BCUT2D eigenvalue weighted by Crippen LogP contribution is -2.66. The number of halogens is 3. The number of benzene rings is 3. The summed E-state index contributed by atoms with van der Waals surface area (Å²) in [5, 5.41) is 7.18. The van der Waals surface area contributed by atoms with E-state index in [9.17, 15) is 0 Å². The molecule has 0 saturated heterocycles. The van der Waals surface area contributed by atoms with Gasteiger partial charge in [0.15, 0.2) is 0 Å². The van der Waals surface area contributed by atoms with E-state index in [1.54, 1.807) is 12.1 Å². The van der Waals surface area contributed by atoms with Crippen molar-refractivity contribution >= 4 is 65.0 Å². The summed E-state index contributed by atoms with van der Waals surface area (Å²) in [5.74, 6) is 1.13. The highest BCUT2D eigenvalue weighted by atomic mass is 35.5. The fourth-order valence-corrected chi connectivity index (χ4v) is 10.5. The first-order chi connectivity index (χ1) is 18.6. The maximum absolute atomic E-state index is 7.26. The molecule has 0 fully saturated rings. The van der Waals surface area contributed by atoms with Gasteiger partial charge in [0.1, 0.15) is 16.8 Å². The molecule has 0 amide bonds. The molecule has 1 heterocycles. The Morgan fingerprint density at radius 2 is 1.46 bits per heavy atom. The van der Waals surface area contributed by atoms with E-state index in [4.69, 9.17) is 44.2 Å². The monoisotopic (exact) mass is 597 g/mol. The van der Waals surface area contributed by atoms with Crippen molar-refractivity contribution in [3.8, 4) is 0 Å². The molecule has 3 aromatic carbocycles. The molecule has 0 radical (unpaired) electrons. The molecule has 0 saturated carbocycles. The maximum atomic E-state index is 7.26. The summed E-state index contributed by atoms with van der Waals surface area (Å²) in [5.41, 5.74) is 1.51. The third kappa shape index (κ3) is 6.34. The van der Waals surface area contributed by atoms with E-state index in [0.717, 1.165) is 12.0 Å². The molecule has 4 aromatic rings. The molecule has 1 aromatic heterocycles. The fourth-order valence-electron chi connectivity index (χ4n) is 5.11. The number of rotatable bonds is 9. The first kappa shape index (κ1) is 29.6. The fraction of sp³-hybridized carbons (Fsp3) is 0.290. The highest BCUT2D eigenvalue weighted by molar-refractivity contribution is 6.99. The lowest BCUT2D eigenvalue weighted by atomic mass is 9.99. The van der Waals surface area contributed by atoms with Gasteiger partial charge >= 0.3 is 0 Å². The molecule has 204 valence electrons. The summed E-state index contributed by atoms with van der Waals surface area (Å²) in [6, 6.07) is 26.6. The molecule has 4 rings (SSSR count). The zero-order valence-corrected chi connectivity index (χ0v) is 26.2. The molecular weight excluding hydrogens is 565 g/mol. The predicted molar refractivity (Wildman–Crippen MR) is 168 cm³/mol. The van der Waals surface area contributed by atoms with E-state index in [1.165, 1.54) is 10.4 Å². The SMILES string of the molecule is CCC(CO[Si](c1ccccc1)(c1ccccc1)C(C)(C)C)c1c(Cl)nc(C)nc1Nc1ccc(Cl)cc1Cl. The van der Waals surface area contributed by atoms with Crippen molar-refractivity contribution in [2.75, 3.05) is 11.9 Å². The molecule has 0 aliphatic heterocycles. The highest BCUT2D eigenvalue weighted by Crippen LogP contribution is 2.40. The standard InChI is InChI=1S/C31H34Cl3N3OSi/c1-6-22(28-29(34)35-21(2)36-30(28)37-27-18-17-23(32)19-26(27)33)20-38-39(31(3,4)5,24-13-9-7-10-14-24)25-15-11-8-12-16-25/h7-19,22H,6,20H2,1-5H3,(H,35,36,37). The summed E-state index contributed by atoms with van der Waals surface area (Å²) in [4.78, 5) is 9.24. The average Bonchev–Trinajstić information content (AvgIpc) is 2.89. The topological polar surface area (TPSA) is 47.0 Å². The lowest BCUT2D eigenvalue weighted by Gasteiger charge is -2.43. The third-order valence-electron chi connectivity index (χ3n) is 7.01. The van der Waals surface area contributed by atoms with Gasteiger partial charge in [0.05, 0.1) is 10.7 Å². The van der Waals surface area contributed by atoms with Crippen molar-refractivity contribution < 1.29 is 4.43 Å². The average molecular weight is 599 g/mol. The van der Waals surface area contributed by atoms with Crippen molar-refractivity contribution in [1.29, 1.82) is 0 Å². The van der Waals surface area contributed by atoms with Gasteiger partial charge in [-0.25, -0.2) is 9.97 Å². The number of aryl methyl sites for hydroxylation is 1. The Morgan fingerprint density at radius 1 is 0.872 bits per heavy atom. The van der Waals surface area contributed by atoms with E-state index >= 15 is 0 Å². The van der Waals surface area contributed by atoms with Gasteiger partial charge in [0.2, 0.25) is 0 Å². The third-order valence-corrected chi connectivity index (χ3v) is 12.9. The summed E-state index contributed by atoms with van der Waals surface area (Å²) < 4.78 is 7.26. The van der Waals surface area contributed by atoms with E-state index in [2.05, 4.69) is 98.7 Å². The van der Waals surface area contributed by atoms with Crippen LogP contribution in [0.3, 0.4) is 0 Å². The molecule has 4 nitrogen and oxygen atoms in total. The van der Waals surface area contributed by atoms with Crippen LogP contribution in [0.25, 0.3) is 0 Å². The van der Waals surface area contributed by atoms with Crippen molar-refractivity contribution in [2.24, 2.45) is 0 Å². The Bertz CT molecular complexity index is 1370. The van der Waals surface area contributed by atoms with Gasteiger partial charge in [-0.15, -0.1) is 0 Å². The van der Waals surface area contributed by atoms with Gasteiger partial charge in [-0.1, -0.05) is 123 Å². The number of hydrogen-bond donors (Lipinski definition) is 1. The van der Waals surface area contributed by atoms with Crippen LogP contribution in [0.5, 0.6) is 0 Å². The van der Waals surface area contributed by atoms with Crippen LogP contribution in [-0.2, 0) is 4.43 Å². The molecule has 1 N–H and O–H groups in total. The van der Waals surface area contributed by atoms with Crippen LogP contribution >= 0.6 is 34.8 Å². The zero-order valence-electron chi connectivity index (χ0n) is 22.9. The van der Waals surface area contributed by atoms with Gasteiger partial charge in [-0.3, -0.25) is 0 Å². The molecule has 0 aliphatic rings. The van der Waals surface area contributed by atoms with Crippen LogP contribution < -0.4 is 15.7 Å². The van der Waals surface area contributed by atoms with Crippen LogP contribution in [0.2, 0.25) is 20.2 Å². The minimum atomic E-state index is -2.74. The second-order valence-electron chi connectivity index (χ2n) is 10.7. The molecule has 1 atom stereocenters. The Hall–Kier alpha value is -2.41. The number of aromatic nitrogens is 2. The Balaban J connectivity index is 1.78. The summed E-state index contributed by atoms with van der Waals surface area (Å²) in [6.07, 6.45) is 0.785. The molecule has 1 unspecified atom stereocenters. The summed E-state index contributed by atoms with van der Waals surface area (Å²) >= 11 is 19.4. The minimum absolute atomic E-state index is 0.0617. The van der Waals surface area contributed by atoms with E-state index in [-0.39, 0.29) is 11.0 Å². The van der Waals surface area contributed by atoms with Crippen molar-refractivity contribution in [3.63, 3.8) is 0 Å². The van der Waals surface area contributed by atoms with Gasteiger partial charge < -0.3 is 9.74 Å². The molecule has 0 bridgehead atoms. The first-order valence-corrected chi connectivity index (χ1v) is 16.1. The molecular formula is C31H34Cl3N3OSi. The van der Waals surface area contributed by atoms with Gasteiger partial charge in [0, 0.05) is 23.1 Å². The smallest absolute Gasteiger partial charge is 0.261 e. The van der Waals surface area contributed by atoms with Gasteiger partial charge in [-0.2, -0.15) is 0 Å². The zero-order chi connectivity index (χ0) is 28.2. The van der Waals surface area contributed by atoms with Crippen LogP contribution in [0.4, 0.5) is 11.5 Å². The largest absolute Gasteiger partial charge is 0.407 e. The van der Waals surface area contributed by atoms with Crippen LogP contribution in [0.15, 0.2) is 78.9 Å². The predicted octanol–water partition coefficient (Wildman–Crippen LogP) is 8.56. The number of nitrogens with one attached hydrogen (secondary N) is 1. The quantitative estimate of drug-likeness (QED) is 0.155. The van der Waals surface area contributed by atoms with Crippen LogP contribution in [-0.4, -0.2) is 24.9 Å². The van der Waals surface area contributed by atoms with Crippen molar-refractivity contribution in [2.45, 2.75) is 52.0 Å². The summed E-state index contributed by atoms with van der Waals surface area (Å²) in [7, 11) is -2.74. The maximum Gasteiger partial charge on any atom is 0.261 e. The van der Waals surface area contributed by atoms with Gasteiger partial charge in [0.25, 0.3) is 8.32 Å².